The number of aromatic nitrogens is 4. The van der Waals surface area contributed by atoms with E-state index in [1.807, 2.05) is 0 Å². The predicted octanol–water partition coefficient (Wildman–Crippen LogP) is 30.6. The Labute approximate surface area is 847 Å². The van der Waals surface area contributed by atoms with Crippen molar-refractivity contribution in [2.45, 2.75) is 0 Å². The van der Waals surface area contributed by atoms with Gasteiger partial charge in [0.2, 0.25) is 0 Å². The van der Waals surface area contributed by atoms with Crippen LogP contribution in [0, 0.1) is 0 Å². The molecule has 23 aromatic carbocycles. The summed E-state index contributed by atoms with van der Waals surface area (Å²) < 4.78 is 9.68. The average molecular weight is 1890 g/mol. The summed E-state index contributed by atoms with van der Waals surface area (Å²) in [5.41, 5.74) is 28.2. The molecule has 29 rings (SSSR count). The maximum absolute atomic E-state index is 2.64. The Hall–Kier alpha value is -18.7. The molecule has 0 radical (unpaired) electrons. The van der Waals surface area contributed by atoms with Gasteiger partial charge in [0, 0.05) is 110 Å². The largest absolute Gasteiger partial charge is 0.310 e. The molecule has 8 heteroatoms. The quantitative estimate of drug-likeness (QED) is 0.0595. The Morgan fingerprint density at radius 3 is 0.589 bits per heavy atom. The molecule has 0 aliphatic heterocycles. The lowest BCUT2D eigenvalue weighted by molar-refractivity contribution is 1.17. The number of rotatable bonds is 19. The molecule has 0 saturated carbocycles. The molecule has 0 unspecified atom stereocenters. The molecule has 0 amide bonds. The number of benzene rings is 23. The SMILES string of the molecule is c1ccc([Si](c2ccccc2)(c2ccccc2)c2ccc(-c3ccc(N(c4ccc(-c5ccc(-n6c7ccccc7c7ccccc76)cc5)cc4)c4ccc5c(c4)c4cccc6c7ccccc7n5c64)cc3)cc2)cc1.c1ccc([Si](c2ccccc2)(c2ccccc2)c2ccc(-c3ccc(N(c4ccc(-n5c6ccccc6c6ccccc65)cc4)c4ccc5c(c4)c4cccc6c7ccccc7n5c64)cc3)cc2)cc1. The minimum atomic E-state index is -2.64. The molecule has 146 heavy (non-hydrogen) atoms. The average Bonchev–Trinajstić information content (AvgIpc) is 1.56. The lowest BCUT2D eigenvalue weighted by Crippen LogP contribution is -2.74. The first-order chi connectivity index (χ1) is 72.4. The van der Waals surface area contributed by atoms with E-state index in [9.17, 15) is 0 Å². The fourth-order valence-electron chi connectivity index (χ4n) is 24.3. The van der Waals surface area contributed by atoms with Crippen molar-refractivity contribution in [1.82, 2.24) is 17.9 Å². The molecular weight excluding hydrogens is 1800 g/mol. The monoisotopic (exact) mass is 1890 g/mol. The first-order valence-corrected chi connectivity index (χ1v) is 54.4. The van der Waals surface area contributed by atoms with Crippen LogP contribution in [0.25, 0.3) is 165 Å². The predicted molar refractivity (Wildman–Crippen MR) is 624 cm³/mol. The normalized spacial score (nSPS) is 12.0. The Balaban J connectivity index is 0.000000142. The van der Waals surface area contributed by atoms with E-state index in [0.717, 1.165) is 45.5 Å². The molecule has 0 bridgehead atoms. The lowest BCUT2D eigenvalue weighted by Gasteiger charge is -2.34. The molecule has 684 valence electrons. The van der Waals surface area contributed by atoms with Crippen molar-refractivity contribution in [3.05, 3.63) is 570 Å². The second-order valence-corrected chi connectivity index (χ2v) is 46.1. The third-order valence-corrected chi connectivity index (χ3v) is 40.4. The van der Waals surface area contributed by atoms with Gasteiger partial charge >= 0.3 is 0 Å². The van der Waals surface area contributed by atoms with Crippen LogP contribution in [0.1, 0.15) is 0 Å². The zero-order valence-electron chi connectivity index (χ0n) is 80.0. The van der Waals surface area contributed by atoms with E-state index in [-0.39, 0.29) is 0 Å². The van der Waals surface area contributed by atoms with Gasteiger partial charge in [-0.15, -0.1) is 0 Å². The summed E-state index contributed by atoms with van der Waals surface area (Å²) in [6.45, 7) is 0. The summed E-state index contributed by atoms with van der Waals surface area (Å²) in [6.07, 6.45) is 0. The summed E-state index contributed by atoms with van der Waals surface area (Å²) in [7, 11) is -5.28. The van der Waals surface area contributed by atoms with Gasteiger partial charge in [0.15, 0.2) is 16.1 Å². The van der Waals surface area contributed by atoms with Gasteiger partial charge in [-0.2, -0.15) is 0 Å². The van der Waals surface area contributed by atoms with Gasteiger partial charge in [-0.1, -0.05) is 425 Å². The van der Waals surface area contributed by atoms with Gasteiger partial charge in [0.25, 0.3) is 0 Å². The van der Waals surface area contributed by atoms with Crippen molar-refractivity contribution in [3.63, 3.8) is 0 Å². The van der Waals surface area contributed by atoms with Crippen molar-refractivity contribution in [1.29, 1.82) is 0 Å². The Kier molecular flexibility index (Phi) is 20.6. The van der Waals surface area contributed by atoms with Crippen LogP contribution in [0.5, 0.6) is 0 Å². The molecule has 0 fully saturated rings. The van der Waals surface area contributed by atoms with E-state index >= 15 is 0 Å². The minimum Gasteiger partial charge on any atom is -0.310 e. The highest BCUT2D eigenvalue weighted by atomic mass is 28.3. The van der Waals surface area contributed by atoms with Crippen molar-refractivity contribution in [2.75, 3.05) is 9.80 Å². The third kappa shape index (κ3) is 13.7. The second kappa shape index (κ2) is 35.2. The van der Waals surface area contributed by atoms with Crippen molar-refractivity contribution in [2.24, 2.45) is 0 Å². The van der Waals surface area contributed by atoms with Crippen molar-refractivity contribution >= 4 is 212 Å². The number of para-hydroxylation sites is 8. The van der Waals surface area contributed by atoms with Crippen LogP contribution in [0.15, 0.2) is 570 Å². The van der Waals surface area contributed by atoms with Gasteiger partial charge < -0.3 is 27.7 Å². The molecule has 29 aromatic rings. The van der Waals surface area contributed by atoms with Gasteiger partial charge in [0.05, 0.1) is 55.2 Å². The number of hydrogen-bond acceptors (Lipinski definition) is 2. The minimum absolute atomic E-state index is 1.09. The van der Waals surface area contributed by atoms with Crippen LogP contribution in [0.4, 0.5) is 34.1 Å². The second-order valence-electron chi connectivity index (χ2n) is 38.5. The van der Waals surface area contributed by atoms with E-state index in [1.54, 1.807) is 0 Å². The van der Waals surface area contributed by atoms with Gasteiger partial charge in [-0.05, 0) is 220 Å². The molecule has 0 aliphatic rings. The zero-order chi connectivity index (χ0) is 96.3. The van der Waals surface area contributed by atoms with Gasteiger partial charge in [-0.3, -0.25) is 0 Å². The van der Waals surface area contributed by atoms with Crippen LogP contribution in [0.3, 0.4) is 0 Å². The Morgan fingerprint density at radius 1 is 0.130 bits per heavy atom. The van der Waals surface area contributed by atoms with E-state index in [1.165, 1.54) is 195 Å². The highest BCUT2D eigenvalue weighted by Crippen LogP contribution is 2.48. The van der Waals surface area contributed by atoms with Gasteiger partial charge in [0.1, 0.15) is 0 Å². The summed E-state index contributed by atoms with van der Waals surface area (Å²) in [6, 6.07) is 211. The first-order valence-electron chi connectivity index (χ1n) is 50.4. The maximum atomic E-state index is 2.46. The molecule has 0 saturated heterocycles. The summed E-state index contributed by atoms with van der Waals surface area (Å²) >= 11 is 0. The van der Waals surface area contributed by atoms with Crippen LogP contribution >= 0.6 is 0 Å². The summed E-state index contributed by atoms with van der Waals surface area (Å²) in [5, 5.41) is 26.2. The maximum Gasteiger partial charge on any atom is 0.179 e. The van der Waals surface area contributed by atoms with Crippen molar-refractivity contribution < 1.29 is 0 Å². The fourth-order valence-corrected chi connectivity index (χ4v) is 33.8. The van der Waals surface area contributed by atoms with E-state index in [4.69, 9.17) is 0 Å². The molecule has 0 aliphatic carbocycles. The molecule has 0 spiro atoms. The molecule has 6 heterocycles. The zero-order valence-corrected chi connectivity index (χ0v) is 82.0. The number of anilines is 6. The van der Waals surface area contributed by atoms with E-state index < -0.39 is 16.1 Å². The molecule has 6 nitrogen and oxygen atoms in total. The number of hydrogen-bond donors (Lipinski definition) is 0. The molecule has 0 N–H and O–H groups in total. The first kappa shape index (κ1) is 85.3. The Bertz CT molecular complexity index is 9630. The highest BCUT2D eigenvalue weighted by Gasteiger charge is 2.43. The van der Waals surface area contributed by atoms with Crippen LogP contribution in [-0.4, -0.2) is 34.1 Å². The summed E-state index contributed by atoms with van der Waals surface area (Å²) in [4.78, 5) is 4.82. The van der Waals surface area contributed by atoms with E-state index in [2.05, 4.69) is 598 Å². The Morgan fingerprint density at radius 2 is 0.315 bits per heavy atom. The van der Waals surface area contributed by atoms with E-state index in [0.29, 0.717) is 0 Å². The van der Waals surface area contributed by atoms with Crippen molar-refractivity contribution in [3.8, 4) is 44.8 Å². The van der Waals surface area contributed by atoms with Crippen LogP contribution < -0.4 is 51.3 Å². The summed E-state index contributed by atoms with van der Waals surface area (Å²) in [5.74, 6) is 0. The third-order valence-electron chi connectivity index (χ3n) is 30.8. The molecule has 6 aromatic heterocycles. The van der Waals surface area contributed by atoms with Gasteiger partial charge in [-0.25, -0.2) is 0 Å². The molecular formula is C138H94N6Si2. The topological polar surface area (TPSA) is 25.2 Å². The highest BCUT2D eigenvalue weighted by molar-refractivity contribution is 7.20. The fraction of sp³-hybridized carbons (Fsp3) is 0. The molecule has 0 atom stereocenters. The number of fused-ring (bicyclic) bond motifs is 18. The smallest absolute Gasteiger partial charge is 0.179 e. The van der Waals surface area contributed by atoms with Crippen LogP contribution in [-0.2, 0) is 0 Å². The lowest BCUT2D eigenvalue weighted by atomic mass is 10.0. The van der Waals surface area contributed by atoms with Crippen LogP contribution in [0.2, 0.25) is 0 Å². The standard InChI is InChI=1S/C72H49N3Si.C66H45N3Si/c1-4-17-58(18-5-1)76(59-19-6-2-7-20-59,60-21-8-3-9-22-60)61-46-37-53(38-47-61)52-33-41-55(42-34-52)73(57-45-48-71-67(49-57)66-27-16-26-65-64-25-12-15-30-70(64)75(71)72(65)66)54-39-31-50(32-40-54)51-35-43-56(44-36-51)74-68-28-13-10-23-62(68)63-24-11-14-29-69(63)74;1-4-17-52(18-5-1)70(53-19-6-2-7-20-53,54-21-8-3-9-22-54)55-42-33-47(34-43-55)46-31-35-48(36-32-46)67(49-37-39-50(40-38-49)68-62-28-13-10-23-56(62)57-24-11-14-29-63(57)68)51-41-44-65-61(45-51)60-27-16-26-59-58-25-12-15-30-64(58)69(65)66(59)60/h1-49H;1-45H. The number of nitrogens with zero attached hydrogens (tertiary/aromatic N) is 6.